The van der Waals surface area contributed by atoms with Crippen LogP contribution < -0.4 is 5.32 Å². The minimum atomic E-state index is -0.873. The standard InChI is InChI=1S/C12H17N3O3/c1-15-9(4-7-13-15)11(18)14-12(8-10(16)17)5-2-3-6-12/h4,7H,2-3,5-6,8H2,1H3,(H,14,18)(H,16,17). The van der Waals surface area contributed by atoms with Crippen LogP contribution in [0.3, 0.4) is 0 Å². The maximum Gasteiger partial charge on any atom is 0.305 e. The van der Waals surface area contributed by atoms with Crippen LogP contribution in [0.25, 0.3) is 0 Å². The first-order chi connectivity index (χ1) is 8.52. The van der Waals surface area contributed by atoms with Crippen molar-refractivity contribution in [2.45, 2.75) is 37.6 Å². The number of nitrogens with one attached hydrogen (secondary N) is 1. The second kappa shape index (κ2) is 4.80. The number of aromatic nitrogens is 2. The fraction of sp³-hybridized carbons (Fsp3) is 0.583. The van der Waals surface area contributed by atoms with Gasteiger partial charge in [-0.15, -0.1) is 0 Å². The monoisotopic (exact) mass is 251 g/mol. The molecular weight excluding hydrogens is 234 g/mol. The summed E-state index contributed by atoms with van der Waals surface area (Å²) in [5, 5.41) is 15.8. The summed E-state index contributed by atoms with van der Waals surface area (Å²) < 4.78 is 1.48. The highest BCUT2D eigenvalue weighted by Crippen LogP contribution is 2.32. The number of aryl methyl sites for hydroxylation is 1. The van der Waals surface area contributed by atoms with Crippen molar-refractivity contribution in [2.75, 3.05) is 0 Å². The lowest BCUT2D eigenvalue weighted by atomic mass is 9.93. The molecule has 6 heteroatoms. The first-order valence-electron chi connectivity index (χ1n) is 6.05. The number of carbonyl (C=O) groups is 2. The van der Waals surface area contributed by atoms with Crippen molar-refractivity contribution in [3.05, 3.63) is 18.0 Å². The van der Waals surface area contributed by atoms with Gasteiger partial charge in [-0.1, -0.05) is 12.8 Å². The smallest absolute Gasteiger partial charge is 0.305 e. The minimum Gasteiger partial charge on any atom is -0.481 e. The molecule has 1 fully saturated rings. The predicted molar refractivity (Wildman–Crippen MR) is 64.1 cm³/mol. The second-order valence-corrected chi connectivity index (χ2v) is 4.85. The van der Waals surface area contributed by atoms with Gasteiger partial charge in [0.05, 0.1) is 12.0 Å². The third kappa shape index (κ3) is 2.52. The van der Waals surface area contributed by atoms with Gasteiger partial charge in [-0.3, -0.25) is 14.3 Å². The molecule has 1 aliphatic rings. The molecule has 2 rings (SSSR count). The lowest BCUT2D eigenvalue weighted by Crippen LogP contribution is -2.48. The number of carboxylic acids is 1. The van der Waals surface area contributed by atoms with Gasteiger partial charge in [0, 0.05) is 13.2 Å². The van der Waals surface area contributed by atoms with E-state index in [-0.39, 0.29) is 12.3 Å². The van der Waals surface area contributed by atoms with E-state index in [9.17, 15) is 9.59 Å². The Morgan fingerprint density at radius 1 is 1.50 bits per heavy atom. The van der Waals surface area contributed by atoms with Gasteiger partial charge in [-0.05, 0) is 18.9 Å². The lowest BCUT2D eigenvalue weighted by molar-refractivity contribution is -0.138. The van der Waals surface area contributed by atoms with E-state index < -0.39 is 11.5 Å². The number of amides is 1. The van der Waals surface area contributed by atoms with Crippen LogP contribution in [0.2, 0.25) is 0 Å². The summed E-state index contributed by atoms with van der Waals surface area (Å²) >= 11 is 0. The molecule has 0 radical (unpaired) electrons. The van der Waals surface area contributed by atoms with Gasteiger partial charge in [0.2, 0.25) is 0 Å². The lowest BCUT2D eigenvalue weighted by Gasteiger charge is -2.28. The van der Waals surface area contributed by atoms with E-state index in [4.69, 9.17) is 5.11 Å². The predicted octanol–water partition coefficient (Wildman–Crippen LogP) is 0.937. The van der Waals surface area contributed by atoms with Crippen molar-refractivity contribution in [3.63, 3.8) is 0 Å². The van der Waals surface area contributed by atoms with Crippen LogP contribution in [0.1, 0.15) is 42.6 Å². The molecule has 0 aliphatic heterocycles. The van der Waals surface area contributed by atoms with Crippen molar-refractivity contribution in [1.82, 2.24) is 15.1 Å². The molecule has 1 aliphatic carbocycles. The molecule has 18 heavy (non-hydrogen) atoms. The van der Waals surface area contributed by atoms with Gasteiger partial charge in [-0.2, -0.15) is 5.10 Å². The normalized spacial score (nSPS) is 17.6. The molecule has 0 saturated heterocycles. The number of rotatable bonds is 4. The second-order valence-electron chi connectivity index (χ2n) is 4.85. The molecule has 1 heterocycles. The molecule has 98 valence electrons. The number of aliphatic carboxylic acids is 1. The first-order valence-corrected chi connectivity index (χ1v) is 6.05. The molecule has 2 N–H and O–H groups in total. The van der Waals surface area contributed by atoms with E-state index in [2.05, 4.69) is 10.4 Å². The van der Waals surface area contributed by atoms with Gasteiger partial charge in [0.25, 0.3) is 5.91 Å². The zero-order valence-electron chi connectivity index (χ0n) is 10.3. The topological polar surface area (TPSA) is 84.2 Å². The van der Waals surface area contributed by atoms with Crippen molar-refractivity contribution >= 4 is 11.9 Å². The summed E-state index contributed by atoms with van der Waals surface area (Å²) in [4.78, 5) is 23.0. The summed E-state index contributed by atoms with van der Waals surface area (Å²) in [5.41, 5.74) is -0.139. The number of hydrogen-bond acceptors (Lipinski definition) is 3. The molecule has 0 aromatic carbocycles. The highest BCUT2D eigenvalue weighted by atomic mass is 16.4. The van der Waals surface area contributed by atoms with Gasteiger partial charge in [0.15, 0.2) is 0 Å². The number of carboxylic acid groups (broad SMARTS) is 1. The van der Waals surface area contributed by atoms with Gasteiger partial charge in [0.1, 0.15) is 5.69 Å². The molecule has 1 aromatic heterocycles. The van der Waals surface area contributed by atoms with Crippen LogP contribution in [-0.4, -0.2) is 32.3 Å². The molecule has 0 unspecified atom stereocenters. The number of hydrogen-bond donors (Lipinski definition) is 2. The summed E-state index contributed by atoms with van der Waals surface area (Å²) in [6.07, 6.45) is 4.90. The highest BCUT2D eigenvalue weighted by molar-refractivity contribution is 5.93. The molecule has 0 bridgehead atoms. The SMILES string of the molecule is Cn1nccc1C(=O)NC1(CC(=O)O)CCCC1. The number of carbonyl (C=O) groups excluding carboxylic acids is 1. The summed E-state index contributed by atoms with van der Waals surface area (Å²) in [5.74, 6) is -1.12. The van der Waals surface area contributed by atoms with Crippen molar-refractivity contribution in [2.24, 2.45) is 7.05 Å². The molecule has 1 saturated carbocycles. The molecule has 0 spiro atoms. The van der Waals surface area contributed by atoms with Crippen LogP contribution in [-0.2, 0) is 11.8 Å². The maximum atomic E-state index is 12.1. The Bertz CT molecular complexity index is 461. The van der Waals surface area contributed by atoms with Crippen LogP contribution in [0.15, 0.2) is 12.3 Å². The quantitative estimate of drug-likeness (QED) is 0.834. The van der Waals surface area contributed by atoms with Crippen molar-refractivity contribution in [3.8, 4) is 0 Å². The minimum absolute atomic E-state index is 0.0173. The maximum absolute atomic E-state index is 12.1. The molecule has 1 amide bonds. The van der Waals surface area contributed by atoms with Gasteiger partial charge < -0.3 is 10.4 Å². The van der Waals surface area contributed by atoms with E-state index in [1.165, 1.54) is 4.68 Å². The van der Waals surface area contributed by atoms with Gasteiger partial charge in [-0.25, -0.2) is 0 Å². The highest BCUT2D eigenvalue weighted by Gasteiger charge is 2.37. The fourth-order valence-corrected chi connectivity index (χ4v) is 2.59. The summed E-state index contributed by atoms with van der Waals surface area (Å²) in [7, 11) is 1.69. The summed E-state index contributed by atoms with van der Waals surface area (Å²) in [6.45, 7) is 0. The van der Waals surface area contributed by atoms with Crippen LogP contribution in [0.5, 0.6) is 0 Å². The first kappa shape index (κ1) is 12.6. The molecule has 6 nitrogen and oxygen atoms in total. The zero-order valence-corrected chi connectivity index (χ0v) is 10.3. The summed E-state index contributed by atoms with van der Waals surface area (Å²) in [6, 6.07) is 1.62. The third-order valence-corrected chi connectivity index (χ3v) is 3.48. The third-order valence-electron chi connectivity index (χ3n) is 3.48. The fourth-order valence-electron chi connectivity index (χ4n) is 2.59. The zero-order chi connectivity index (χ0) is 13.2. The Labute approximate surface area is 105 Å². The van der Waals surface area contributed by atoms with Gasteiger partial charge >= 0.3 is 5.97 Å². The average molecular weight is 251 g/mol. The number of nitrogens with zero attached hydrogens (tertiary/aromatic N) is 2. The Morgan fingerprint density at radius 3 is 2.67 bits per heavy atom. The van der Waals surface area contributed by atoms with E-state index in [1.807, 2.05) is 0 Å². The largest absolute Gasteiger partial charge is 0.481 e. The van der Waals surface area contributed by atoms with Crippen molar-refractivity contribution in [1.29, 1.82) is 0 Å². The van der Waals surface area contributed by atoms with E-state index in [1.54, 1.807) is 19.3 Å². The Kier molecular flexibility index (Phi) is 3.36. The molecule has 1 aromatic rings. The average Bonchev–Trinajstić information content (AvgIpc) is 2.86. The Hall–Kier alpha value is -1.85. The van der Waals surface area contributed by atoms with E-state index >= 15 is 0 Å². The van der Waals surface area contributed by atoms with Crippen LogP contribution in [0.4, 0.5) is 0 Å². The van der Waals surface area contributed by atoms with Crippen LogP contribution in [0, 0.1) is 0 Å². The van der Waals surface area contributed by atoms with E-state index in [0.717, 1.165) is 25.7 Å². The Morgan fingerprint density at radius 2 is 2.17 bits per heavy atom. The molecular formula is C12H17N3O3. The Balaban J connectivity index is 2.12. The van der Waals surface area contributed by atoms with Crippen LogP contribution >= 0.6 is 0 Å². The van der Waals surface area contributed by atoms with E-state index in [0.29, 0.717) is 5.69 Å². The van der Waals surface area contributed by atoms with Crippen molar-refractivity contribution < 1.29 is 14.7 Å². The molecule has 0 atom stereocenters.